The Balaban J connectivity index is -0.00000000500. The van der Waals surface area contributed by atoms with Crippen LogP contribution in [0.4, 0.5) is 0 Å². The average Bonchev–Trinajstić information content (AvgIpc) is 1.00. The molecule has 0 rings (SSSR count). The van der Waals surface area contributed by atoms with E-state index in [-0.39, 0.29) is 85.8 Å². The van der Waals surface area contributed by atoms with Crippen molar-refractivity contribution in [1.82, 2.24) is 0 Å². The van der Waals surface area contributed by atoms with Crippen LogP contribution in [-0.4, -0.2) is 48.9 Å². The van der Waals surface area contributed by atoms with E-state index < -0.39 is 0 Å². The molecular formula is BaCuOTm. The second kappa shape index (κ2) is 16.5. The molecule has 0 spiro atoms. The summed E-state index contributed by atoms with van der Waals surface area (Å²) in [6.45, 7) is 0. The summed E-state index contributed by atoms with van der Waals surface area (Å²) in [5.74, 6) is 0. The molecule has 1 nitrogen and oxygen atoms in total. The van der Waals surface area contributed by atoms with Crippen LogP contribution in [0.1, 0.15) is 0 Å². The van der Waals surface area contributed by atoms with Crippen LogP contribution >= 0.6 is 0 Å². The van der Waals surface area contributed by atoms with Crippen LogP contribution in [-0.2, 0) is 19.8 Å². The number of hydrogen-bond acceptors (Lipinski definition) is 1. The third-order valence-electron chi connectivity index (χ3n) is 0. The minimum atomic E-state index is 0. The van der Waals surface area contributed by atoms with Gasteiger partial charge in [-0.15, -0.1) is 0 Å². The Morgan fingerprint density at radius 2 is 1.25 bits per heavy atom. The smallest absolute Gasteiger partial charge is 0 e. The zero-order valence-electron chi connectivity index (χ0n) is 1.69. The van der Waals surface area contributed by atoms with Gasteiger partial charge in [-0.2, -0.15) is 0 Å². The molecule has 3 radical (unpaired) electrons. The third-order valence-corrected chi connectivity index (χ3v) is 0. The fourth-order valence-electron chi connectivity index (χ4n) is 0. The summed E-state index contributed by atoms with van der Waals surface area (Å²) in [7, 11) is 0. The van der Waals surface area contributed by atoms with Gasteiger partial charge in [0.2, 0.25) is 0 Å². The molecule has 0 saturated carbocycles. The Kier molecular flexibility index (Phi) is 64.7. The topological polar surface area (TPSA) is 17.1 Å². The summed E-state index contributed by atoms with van der Waals surface area (Å²) in [5, 5.41) is 0. The van der Waals surface area contributed by atoms with Crippen LogP contribution in [0.25, 0.3) is 0 Å². The minimum Gasteiger partial charge on any atom is 0 e. The maximum absolute atomic E-state index is 7.81. The van der Waals surface area contributed by atoms with Crippen LogP contribution in [0.15, 0.2) is 0 Å². The van der Waals surface area contributed by atoms with Crippen molar-refractivity contribution in [2.24, 2.45) is 0 Å². The molecule has 4 heteroatoms. The van der Waals surface area contributed by atoms with Gasteiger partial charge in [-0.1, -0.05) is 0 Å². The van der Waals surface area contributed by atoms with Crippen molar-refractivity contribution in [3.63, 3.8) is 0 Å². The Morgan fingerprint density at radius 3 is 1.25 bits per heavy atom. The first-order valence-corrected chi connectivity index (χ1v) is 0.508. The SMILES string of the molecule is [Ba].[O]=[Cu].[Tm]. The van der Waals surface area contributed by atoms with Crippen molar-refractivity contribution in [2.45, 2.75) is 0 Å². The van der Waals surface area contributed by atoms with Crippen molar-refractivity contribution in [3.05, 3.63) is 0 Å². The molecule has 0 N–H and O–H groups in total. The summed E-state index contributed by atoms with van der Waals surface area (Å²) in [6.07, 6.45) is 0. The van der Waals surface area contributed by atoms with Gasteiger partial charge >= 0.3 is 19.8 Å². The van der Waals surface area contributed by atoms with E-state index in [1.807, 2.05) is 0 Å². The zero-order chi connectivity index (χ0) is 2.00. The summed E-state index contributed by atoms with van der Waals surface area (Å²) < 4.78 is 7.81. The standard InChI is InChI=1S/Ba.Cu.O.Tm. The van der Waals surface area contributed by atoms with E-state index in [0.29, 0.717) is 0 Å². The first-order valence-electron chi connectivity index (χ1n) is 0.123. The van der Waals surface area contributed by atoms with Crippen molar-refractivity contribution in [3.8, 4) is 0 Å². The maximum Gasteiger partial charge on any atom is 0 e. The molecule has 0 heterocycles. The van der Waals surface area contributed by atoms with Gasteiger partial charge < -0.3 is 0 Å². The van der Waals surface area contributed by atoms with E-state index in [2.05, 4.69) is 15.9 Å². The third kappa shape index (κ3) is 8.93. The average molecular weight is 386 g/mol. The number of rotatable bonds is 0. The Bertz CT molecular complexity index is 8.00. The summed E-state index contributed by atoms with van der Waals surface area (Å²) >= 11 is 2.94. The predicted molar refractivity (Wildman–Crippen MR) is 6.44 cm³/mol. The molecule has 0 aromatic rings. The largest absolute Gasteiger partial charge is 0 e. The van der Waals surface area contributed by atoms with E-state index in [0.717, 1.165) is 0 Å². The van der Waals surface area contributed by atoms with Gasteiger partial charge in [0.1, 0.15) is 0 Å². The Labute approximate surface area is 103 Å². The second-order valence-corrected chi connectivity index (χ2v) is 0. The van der Waals surface area contributed by atoms with Gasteiger partial charge in [0.25, 0.3) is 0 Å². The van der Waals surface area contributed by atoms with Gasteiger partial charge in [0, 0.05) is 85.8 Å². The normalized spacial score (nSPS) is 1.50. The van der Waals surface area contributed by atoms with Gasteiger partial charge in [-0.3, -0.25) is 0 Å². The molecule has 32 valence electrons. The molecular weight excluding hydrogens is 386 g/mol. The fourth-order valence-corrected chi connectivity index (χ4v) is 0. The molecule has 0 aromatic carbocycles. The van der Waals surface area contributed by atoms with E-state index in [4.69, 9.17) is 3.83 Å². The maximum atomic E-state index is 7.81. The van der Waals surface area contributed by atoms with Crippen molar-refractivity contribution < 1.29 is 56.7 Å². The molecule has 0 aromatic heterocycles. The molecule has 0 aliphatic rings. The zero-order valence-corrected chi connectivity index (χ0v) is 8.86. The molecule has 0 aliphatic heterocycles. The molecule has 0 unspecified atom stereocenters. The molecule has 0 amide bonds. The van der Waals surface area contributed by atoms with Gasteiger partial charge in [-0.25, -0.2) is 0 Å². The Morgan fingerprint density at radius 1 is 1.25 bits per heavy atom. The van der Waals surface area contributed by atoms with Gasteiger partial charge in [0.05, 0.1) is 0 Å². The van der Waals surface area contributed by atoms with E-state index in [1.165, 1.54) is 0 Å². The fraction of sp³-hybridized carbons (Fsp3) is 0. The first-order chi connectivity index (χ1) is 1.00. The van der Waals surface area contributed by atoms with Crippen molar-refractivity contribution >= 4 is 48.9 Å². The molecule has 0 bridgehead atoms. The van der Waals surface area contributed by atoms with E-state index in [9.17, 15) is 0 Å². The van der Waals surface area contributed by atoms with Crippen LogP contribution in [0, 0.1) is 36.9 Å². The van der Waals surface area contributed by atoms with Gasteiger partial charge in [0.15, 0.2) is 0 Å². The molecule has 0 aliphatic carbocycles. The first kappa shape index (κ1) is 15.7. The van der Waals surface area contributed by atoms with Crippen molar-refractivity contribution in [2.75, 3.05) is 0 Å². The quantitative estimate of drug-likeness (QED) is 0.514. The molecule has 0 fully saturated rings. The van der Waals surface area contributed by atoms with Crippen LogP contribution < -0.4 is 0 Å². The molecule has 0 saturated heterocycles. The van der Waals surface area contributed by atoms with Crippen LogP contribution in [0.5, 0.6) is 0 Å². The molecule has 0 atom stereocenters. The monoisotopic (exact) mass is 386 g/mol. The summed E-state index contributed by atoms with van der Waals surface area (Å²) in [4.78, 5) is 0. The summed E-state index contributed by atoms with van der Waals surface area (Å²) in [6, 6.07) is 0. The minimum absolute atomic E-state index is 0. The Hall–Kier alpha value is 3.12. The number of hydrogen-bond donors (Lipinski definition) is 0. The van der Waals surface area contributed by atoms with Crippen LogP contribution in [0.2, 0.25) is 0 Å². The molecule has 4 heavy (non-hydrogen) atoms. The van der Waals surface area contributed by atoms with Crippen molar-refractivity contribution in [1.29, 1.82) is 0 Å². The van der Waals surface area contributed by atoms with Gasteiger partial charge in [-0.05, 0) is 0 Å². The predicted octanol–water partition coefficient (Wildman–Crippen LogP) is -0.502. The van der Waals surface area contributed by atoms with E-state index in [1.54, 1.807) is 0 Å². The summed E-state index contributed by atoms with van der Waals surface area (Å²) in [5.41, 5.74) is 0. The van der Waals surface area contributed by atoms with Crippen LogP contribution in [0.3, 0.4) is 0 Å². The van der Waals surface area contributed by atoms with E-state index >= 15 is 0 Å². The second-order valence-electron chi connectivity index (χ2n) is 0.